The van der Waals surface area contributed by atoms with Crippen LogP contribution in [0.5, 0.6) is 0 Å². The third-order valence-electron chi connectivity index (χ3n) is 1.64. The van der Waals surface area contributed by atoms with Crippen LogP contribution in [0.1, 0.15) is 20.3 Å². The topological polar surface area (TPSA) is 38.7 Å². The summed E-state index contributed by atoms with van der Waals surface area (Å²) in [6, 6.07) is 0. The van der Waals surface area contributed by atoms with E-state index in [1.807, 2.05) is 19.9 Å². The molecule has 0 spiro atoms. The molecule has 1 N–H and O–H groups in total. The maximum Gasteiger partial charge on any atom is 0.146 e. The average molecular weight is 174 g/mol. The Morgan fingerprint density at radius 2 is 2.17 bits per heavy atom. The van der Waals surface area contributed by atoms with Crippen LogP contribution in [0, 0.1) is 0 Å². The first-order valence-corrected chi connectivity index (χ1v) is 4.11. The van der Waals surface area contributed by atoms with Crippen molar-refractivity contribution in [3.8, 4) is 0 Å². The zero-order valence-electron chi connectivity index (χ0n) is 8.04. The molecule has 0 saturated heterocycles. The normalized spacial score (nSPS) is 16.7. The Hall–Kier alpha value is -0.380. The zero-order chi connectivity index (χ0) is 9.45. The largest absolute Gasteiger partial charge is 0.383 e. The quantitative estimate of drug-likeness (QED) is 0.375. The molecule has 0 aromatic carbocycles. The second kappa shape index (κ2) is 6.17. The summed E-state index contributed by atoms with van der Waals surface area (Å²) in [6.07, 6.45) is 4.20. The van der Waals surface area contributed by atoms with Crippen molar-refractivity contribution in [1.82, 2.24) is 0 Å². The molecular weight excluding hydrogens is 156 g/mol. The fourth-order valence-corrected chi connectivity index (χ4v) is 0.880. The Bertz CT molecular complexity index is 134. The number of ether oxygens (including phenoxy) is 2. The van der Waals surface area contributed by atoms with Crippen molar-refractivity contribution in [3.05, 3.63) is 12.2 Å². The molecule has 72 valence electrons. The van der Waals surface area contributed by atoms with Gasteiger partial charge in [0.15, 0.2) is 0 Å². The number of rotatable bonds is 6. The van der Waals surface area contributed by atoms with E-state index in [1.54, 1.807) is 13.2 Å². The summed E-state index contributed by atoms with van der Waals surface area (Å²) >= 11 is 0. The van der Waals surface area contributed by atoms with Gasteiger partial charge in [0.2, 0.25) is 0 Å². The molecule has 0 aliphatic carbocycles. The fourth-order valence-electron chi connectivity index (χ4n) is 0.880. The summed E-state index contributed by atoms with van der Waals surface area (Å²) in [7, 11) is 1.56. The van der Waals surface area contributed by atoms with Crippen molar-refractivity contribution >= 4 is 0 Å². The van der Waals surface area contributed by atoms with Crippen LogP contribution in [0.25, 0.3) is 0 Å². The Kier molecular flexibility index (Phi) is 5.98. The van der Waals surface area contributed by atoms with Crippen LogP contribution in [-0.2, 0) is 9.47 Å². The standard InChI is InChI=1S/C9H18O3/c1-4-6-9(10,5-2)7-12-8-11-3/h4,6,10H,5,7-8H2,1-3H3/b6-4+. The molecule has 0 aliphatic rings. The minimum Gasteiger partial charge on any atom is -0.383 e. The third kappa shape index (κ3) is 4.49. The molecule has 1 unspecified atom stereocenters. The third-order valence-corrected chi connectivity index (χ3v) is 1.64. The van der Waals surface area contributed by atoms with Crippen molar-refractivity contribution in [2.24, 2.45) is 0 Å². The van der Waals surface area contributed by atoms with Crippen LogP contribution < -0.4 is 0 Å². The van der Waals surface area contributed by atoms with E-state index in [4.69, 9.17) is 9.47 Å². The summed E-state index contributed by atoms with van der Waals surface area (Å²) in [6.45, 7) is 4.29. The Balaban J connectivity index is 3.79. The first kappa shape index (κ1) is 11.6. The summed E-state index contributed by atoms with van der Waals surface area (Å²) < 4.78 is 9.77. The van der Waals surface area contributed by atoms with Crippen molar-refractivity contribution in [3.63, 3.8) is 0 Å². The van der Waals surface area contributed by atoms with Crippen molar-refractivity contribution in [2.75, 3.05) is 20.5 Å². The molecule has 12 heavy (non-hydrogen) atoms. The van der Waals surface area contributed by atoms with Crippen molar-refractivity contribution < 1.29 is 14.6 Å². The van der Waals surface area contributed by atoms with Gasteiger partial charge in [-0.05, 0) is 13.3 Å². The number of aliphatic hydroxyl groups is 1. The smallest absolute Gasteiger partial charge is 0.146 e. The number of methoxy groups -OCH3 is 1. The lowest BCUT2D eigenvalue weighted by molar-refractivity contribution is -0.0850. The van der Waals surface area contributed by atoms with Crippen LogP contribution in [-0.4, -0.2) is 31.2 Å². The molecule has 0 fully saturated rings. The highest BCUT2D eigenvalue weighted by atomic mass is 16.7. The maximum absolute atomic E-state index is 9.78. The van der Waals surface area contributed by atoms with Crippen LogP contribution in [0.4, 0.5) is 0 Å². The van der Waals surface area contributed by atoms with Gasteiger partial charge in [-0.3, -0.25) is 0 Å². The van der Waals surface area contributed by atoms with Gasteiger partial charge in [0.25, 0.3) is 0 Å². The molecule has 0 amide bonds. The van der Waals surface area contributed by atoms with Gasteiger partial charge < -0.3 is 14.6 Å². The van der Waals surface area contributed by atoms with E-state index in [0.717, 1.165) is 0 Å². The minimum absolute atomic E-state index is 0.222. The van der Waals surface area contributed by atoms with Gasteiger partial charge in [-0.15, -0.1) is 0 Å². The molecule has 0 bridgehead atoms. The lowest BCUT2D eigenvalue weighted by Gasteiger charge is -2.22. The second-order valence-corrected chi connectivity index (χ2v) is 2.71. The summed E-state index contributed by atoms with van der Waals surface area (Å²) in [5, 5.41) is 9.78. The molecule has 0 aromatic heterocycles. The van der Waals surface area contributed by atoms with Crippen LogP contribution in [0.15, 0.2) is 12.2 Å². The van der Waals surface area contributed by atoms with Gasteiger partial charge in [0.1, 0.15) is 12.4 Å². The van der Waals surface area contributed by atoms with E-state index in [1.165, 1.54) is 0 Å². The predicted molar refractivity (Wildman–Crippen MR) is 47.9 cm³/mol. The molecule has 0 rings (SSSR count). The number of hydrogen-bond donors (Lipinski definition) is 1. The summed E-state index contributed by atoms with van der Waals surface area (Å²) in [5.41, 5.74) is -0.840. The van der Waals surface area contributed by atoms with Gasteiger partial charge >= 0.3 is 0 Å². The highest BCUT2D eigenvalue weighted by molar-refractivity contribution is 4.98. The van der Waals surface area contributed by atoms with Gasteiger partial charge in [0.05, 0.1) is 6.61 Å². The van der Waals surface area contributed by atoms with Crippen LogP contribution in [0.3, 0.4) is 0 Å². The van der Waals surface area contributed by atoms with E-state index < -0.39 is 5.60 Å². The molecule has 0 aliphatic heterocycles. The molecule has 0 saturated carbocycles. The maximum atomic E-state index is 9.78. The molecule has 0 radical (unpaired) electrons. The first-order valence-electron chi connectivity index (χ1n) is 4.11. The van der Waals surface area contributed by atoms with Crippen molar-refractivity contribution in [1.29, 1.82) is 0 Å². The lowest BCUT2D eigenvalue weighted by atomic mass is 10.0. The zero-order valence-corrected chi connectivity index (χ0v) is 8.04. The van der Waals surface area contributed by atoms with Gasteiger partial charge in [-0.2, -0.15) is 0 Å². The molecular formula is C9H18O3. The minimum atomic E-state index is -0.840. The highest BCUT2D eigenvalue weighted by Gasteiger charge is 2.20. The van der Waals surface area contributed by atoms with E-state index in [9.17, 15) is 5.11 Å². The van der Waals surface area contributed by atoms with E-state index in [2.05, 4.69) is 0 Å². The van der Waals surface area contributed by atoms with E-state index in [-0.39, 0.29) is 13.4 Å². The lowest BCUT2D eigenvalue weighted by Crippen LogP contribution is -2.31. The Labute approximate surface area is 74.0 Å². The number of allylic oxidation sites excluding steroid dienone is 1. The molecule has 0 heterocycles. The van der Waals surface area contributed by atoms with E-state index >= 15 is 0 Å². The average Bonchev–Trinajstić information content (AvgIpc) is 2.06. The van der Waals surface area contributed by atoms with Crippen molar-refractivity contribution in [2.45, 2.75) is 25.9 Å². The Morgan fingerprint density at radius 1 is 1.50 bits per heavy atom. The molecule has 0 aromatic rings. The molecule has 3 nitrogen and oxygen atoms in total. The second-order valence-electron chi connectivity index (χ2n) is 2.71. The number of hydrogen-bond acceptors (Lipinski definition) is 3. The fraction of sp³-hybridized carbons (Fsp3) is 0.778. The molecule has 1 atom stereocenters. The van der Waals surface area contributed by atoms with Gasteiger partial charge in [0, 0.05) is 7.11 Å². The van der Waals surface area contributed by atoms with E-state index in [0.29, 0.717) is 6.42 Å². The molecule has 3 heteroatoms. The van der Waals surface area contributed by atoms with Gasteiger partial charge in [-0.1, -0.05) is 19.1 Å². The highest BCUT2D eigenvalue weighted by Crippen LogP contribution is 2.12. The Morgan fingerprint density at radius 3 is 2.58 bits per heavy atom. The van der Waals surface area contributed by atoms with Gasteiger partial charge in [-0.25, -0.2) is 0 Å². The summed E-state index contributed by atoms with van der Waals surface area (Å²) in [4.78, 5) is 0. The van der Waals surface area contributed by atoms with Crippen LogP contribution in [0.2, 0.25) is 0 Å². The summed E-state index contributed by atoms with van der Waals surface area (Å²) in [5.74, 6) is 0. The first-order chi connectivity index (χ1) is 5.68. The SMILES string of the molecule is C/C=C/C(O)(CC)COCOC. The monoisotopic (exact) mass is 174 g/mol. The van der Waals surface area contributed by atoms with Crippen LogP contribution >= 0.6 is 0 Å². The predicted octanol–water partition coefficient (Wildman–Crippen LogP) is 1.32.